The third-order valence-corrected chi connectivity index (χ3v) is 1.64. The summed E-state index contributed by atoms with van der Waals surface area (Å²) in [6, 6.07) is 0. The van der Waals surface area contributed by atoms with E-state index in [-0.39, 0.29) is 0 Å². The molecule has 0 aromatic heterocycles. The Bertz CT molecular complexity index is 130. The minimum Gasteiger partial charge on any atom is -0.418 e. The van der Waals surface area contributed by atoms with Gasteiger partial charge in [0.2, 0.25) is 0 Å². The Hall–Kier alpha value is -0.125. The highest BCUT2D eigenvalue weighted by Crippen LogP contribution is 2.06. The van der Waals surface area contributed by atoms with Crippen molar-refractivity contribution in [1.29, 1.82) is 0 Å². The van der Waals surface area contributed by atoms with Crippen LogP contribution in [0.25, 0.3) is 0 Å². The summed E-state index contributed by atoms with van der Waals surface area (Å²) in [5, 5.41) is 0. The number of hydrogen-bond acceptors (Lipinski definition) is 0. The van der Waals surface area contributed by atoms with Crippen molar-refractivity contribution in [3.05, 3.63) is 12.2 Å². The van der Waals surface area contributed by atoms with Crippen LogP contribution >= 0.6 is 0 Å². The third-order valence-electron chi connectivity index (χ3n) is 1.28. The van der Waals surface area contributed by atoms with Gasteiger partial charge in [0.05, 0.1) is 0 Å². The fourth-order valence-corrected chi connectivity index (χ4v) is 0.981. The lowest BCUT2D eigenvalue weighted by Gasteiger charge is -1.94. The molecule has 86 valence electrons. The Labute approximate surface area is 88.3 Å². The Kier molecular flexibility index (Phi) is 12.8. The Morgan fingerprint density at radius 1 is 1.07 bits per heavy atom. The number of rotatable bonds is 5. The van der Waals surface area contributed by atoms with Crippen molar-refractivity contribution in [2.24, 2.45) is 0 Å². The van der Waals surface area contributed by atoms with Crippen LogP contribution in [0.3, 0.4) is 0 Å². The lowest BCUT2D eigenvalue weighted by molar-refractivity contribution is 0.368. The Morgan fingerprint density at radius 3 is 1.93 bits per heavy atom. The van der Waals surface area contributed by atoms with E-state index in [0.717, 1.165) is 5.75 Å². The number of allylic oxidation sites excluding steroid dienone is 2. The van der Waals surface area contributed by atoms with Crippen LogP contribution < -0.4 is 0 Å². The standard InChI is InChI=1S/C8H16S.BF4/c1-2-3-4-5-6-7-8-9;2-1(3,4)5/h2-3,9H,4-8H2,1H3;/q;-1/p+1/b3-2+;. The first-order valence-electron chi connectivity index (χ1n) is 4.55. The predicted octanol–water partition coefficient (Wildman–Crippen LogP) is 3.43. The molecular weight excluding hydrogens is 215 g/mol. The molecule has 0 saturated carbocycles. The Balaban J connectivity index is 0. The topological polar surface area (TPSA) is 0 Å². The molecule has 0 N–H and O–H groups in total. The second-order valence-electron chi connectivity index (χ2n) is 2.66. The number of unbranched alkanes of at least 4 members (excludes halogenated alkanes) is 3. The van der Waals surface area contributed by atoms with E-state index in [0.29, 0.717) is 0 Å². The minimum absolute atomic E-state index is 1.15. The smallest absolute Gasteiger partial charge is 0.418 e. The van der Waals surface area contributed by atoms with E-state index in [9.17, 15) is 17.3 Å². The largest absolute Gasteiger partial charge is 0.673 e. The molecular formula is C8H17BF4S. The first kappa shape index (κ1) is 16.3. The molecule has 0 radical (unpaired) electrons. The molecule has 0 atom stereocenters. The summed E-state index contributed by atoms with van der Waals surface area (Å²) in [5.74, 6) is 1.15. The summed E-state index contributed by atoms with van der Waals surface area (Å²) in [4.78, 5) is 0. The van der Waals surface area contributed by atoms with E-state index in [2.05, 4.69) is 31.7 Å². The van der Waals surface area contributed by atoms with E-state index < -0.39 is 7.25 Å². The monoisotopic (exact) mass is 232 g/mol. The van der Waals surface area contributed by atoms with Crippen molar-refractivity contribution in [3.8, 4) is 0 Å². The molecule has 0 aliphatic rings. The van der Waals surface area contributed by atoms with Crippen LogP contribution in [0, 0.1) is 0 Å². The maximum absolute atomic E-state index is 9.75. The summed E-state index contributed by atoms with van der Waals surface area (Å²) >= 11 is 3.44. The van der Waals surface area contributed by atoms with E-state index in [1.54, 1.807) is 0 Å². The molecule has 0 saturated heterocycles. The second kappa shape index (κ2) is 11.0. The molecule has 14 heavy (non-hydrogen) atoms. The van der Waals surface area contributed by atoms with Gasteiger partial charge in [0.25, 0.3) is 0 Å². The molecule has 0 aromatic rings. The summed E-state index contributed by atoms with van der Waals surface area (Å²) in [5.41, 5.74) is 0. The van der Waals surface area contributed by atoms with Gasteiger partial charge >= 0.3 is 7.25 Å². The van der Waals surface area contributed by atoms with E-state index in [1.807, 2.05) is 0 Å². The van der Waals surface area contributed by atoms with Gasteiger partial charge in [-0.25, -0.2) is 0 Å². The fraction of sp³-hybridized carbons (Fsp3) is 0.750. The van der Waals surface area contributed by atoms with Gasteiger partial charge in [0.1, 0.15) is 5.75 Å². The van der Waals surface area contributed by atoms with E-state index in [4.69, 9.17) is 0 Å². The van der Waals surface area contributed by atoms with Crippen LogP contribution in [0.15, 0.2) is 12.2 Å². The van der Waals surface area contributed by atoms with Crippen molar-refractivity contribution in [1.82, 2.24) is 0 Å². The van der Waals surface area contributed by atoms with Crippen LogP contribution in [0.2, 0.25) is 0 Å². The average molecular weight is 232 g/mol. The molecule has 0 unspecified atom stereocenters. The van der Waals surface area contributed by atoms with Gasteiger partial charge in [0.15, 0.2) is 0 Å². The quantitative estimate of drug-likeness (QED) is 0.224. The molecule has 6 heteroatoms. The van der Waals surface area contributed by atoms with Crippen molar-refractivity contribution in [3.63, 3.8) is 0 Å². The van der Waals surface area contributed by atoms with Crippen LogP contribution in [0.1, 0.15) is 32.6 Å². The second-order valence-corrected chi connectivity index (χ2v) is 3.16. The summed E-state index contributed by atoms with van der Waals surface area (Å²) in [6.07, 6.45) is 9.61. The van der Waals surface area contributed by atoms with E-state index in [1.165, 1.54) is 25.7 Å². The molecule has 0 heterocycles. The highest BCUT2D eigenvalue weighted by Gasteiger charge is 2.20. The van der Waals surface area contributed by atoms with Gasteiger partial charge < -0.3 is 17.3 Å². The van der Waals surface area contributed by atoms with Gasteiger partial charge in [-0.1, -0.05) is 12.2 Å². The molecule has 0 aromatic carbocycles. The lowest BCUT2D eigenvalue weighted by atomic mass is 10.2. The zero-order chi connectivity index (χ0) is 11.4. The van der Waals surface area contributed by atoms with Gasteiger partial charge in [-0.15, -0.1) is 0 Å². The zero-order valence-corrected chi connectivity index (χ0v) is 9.28. The van der Waals surface area contributed by atoms with E-state index >= 15 is 0 Å². The molecule has 0 amide bonds. The van der Waals surface area contributed by atoms with Gasteiger partial charge in [-0.3, -0.25) is 0 Å². The summed E-state index contributed by atoms with van der Waals surface area (Å²) in [7, 11) is -6.00. The number of hydrogen-bond donors (Lipinski definition) is 0. The van der Waals surface area contributed by atoms with Crippen LogP contribution in [0.5, 0.6) is 0 Å². The Morgan fingerprint density at radius 2 is 1.57 bits per heavy atom. The normalized spacial score (nSPS) is 11.3. The third kappa shape index (κ3) is 40.7. The average Bonchev–Trinajstić information content (AvgIpc) is 2.01. The minimum atomic E-state index is -6.00. The highest BCUT2D eigenvalue weighted by atomic mass is 32.1. The molecule has 0 nitrogen and oxygen atoms in total. The van der Waals surface area contributed by atoms with Crippen LogP contribution in [-0.4, -0.2) is 13.0 Å². The maximum atomic E-state index is 9.75. The number of halogens is 4. The summed E-state index contributed by atoms with van der Waals surface area (Å²) < 4.78 is 39.0. The molecule has 0 rings (SSSR count). The lowest BCUT2D eigenvalue weighted by Crippen LogP contribution is -2.02. The van der Waals surface area contributed by atoms with Gasteiger partial charge in [0, 0.05) is 0 Å². The van der Waals surface area contributed by atoms with Crippen molar-refractivity contribution >= 4 is 19.9 Å². The molecule has 0 fully saturated rings. The molecule has 0 spiro atoms. The highest BCUT2D eigenvalue weighted by molar-refractivity contribution is 7.58. The van der Waals surface area contributed by atoms with Crippen molar-refractivity contribution in [2.45, 2.75) is 32.6 Å². The van der Waals surface area contributed by atoms with Crippen LogP contribution in [0.4, 0.5) is 17.3 Å². The van der Waals surface area contributed by atoms with Crippen LogP contribution in [-0.2, 0) is 12.6 Å². The van der Waals surface area contributed by atoms with Crippen molar-refractivity contribution in [2.75, 3.05) is 5.75 Å². The first-order valence-corrected chi connectivity index (χ1v) is 5.25. The molecule has 0 bridgehead atoms. The molecule has 0 aliphatic heterocycles. The molecule has 0 aliphatic carbocycles. The van der Waals surface area contributed by atoms with Gasteiger partial charge in [-0.05, 0) is 45.2 Å². The SMILES string of the molecule is C/C=C/CCCCC[SH2+].F[B-](F)(F)F. The predicted molar refractivity (Wildman–Crippen MR) is 58.5 cm³/mol. The van der Waals surface area contributed by atoms with Gasteiger partial charge in [-0.2, -0.15) is 0 Å². The maximum Gasteiger partial charge on any atom is 0.673 e. The first-order chi connectivity index (χ1) is 6.41. The fourth-order valence-electron chi connectivity index (χ4n) is 0.731. The zero-order valence-electron chi connectivity index (χ0n) is 8.28. The van der Waals surface area contributed by atoms with Crippen molar-refractivity contribution < 1.29 is 17.3 Å². The summed E-state index contributed by atoms with van der Waals surface area (Å²) in [6.45, 7) is 2.07.